The van der Waals surface area contributed by atoms with Crippen LogP contribution in [0, 0.1) is 0 Å². The number of methoxy groups -OCH3 is 1. The molecule has 0 spiro atoms. The maximum atomic E-state index is 13.7. The summed E-state index contributed by atoms with van der Waals surface area (Å²) in [6, 6.07) is 20.3. The van der Waals surface area contributed by atoms with Crippen LogP contribution in [-0.4, -0.2) is 60.7 Å². The highest BCUT2D eigenvalue weighted by atomic mass is 16.7. The van der Waals surface area contributed by atoms with Crippen molar-refractivity contribution < 1.29 is 23.9 Å². The van der Waals surface area contributed by atoms with Crippen molar-refractivity contribution in [3.63, 3.8) is 0 Å². The maximum Gasteiger partial charge on any atom is 0.279 e. The summed E-state index contributed by atoms with van der Waals surface area (Å²) >= 11 is 0. The molecule has 0 unspecified atom stereocenters. The van der Waals surface area contributed by atoms with E-state index in [9.17, 15) is 9.59 Å². The summed E-state index contributed by atoms with van der Waals surface area (Å²) in [5, 5.41) is 5.58. The van der Waals surface area contributed by atoms with Gasteiger partial charge in [0.05, 0.1) is 44.4 Å². The van der Waals surface area contributed by atoms with Crippen molar-refractivity contribution in [1.82, 2.24) is 14.7 Å². The van der Waals surface area contributed by atoms with Crippen LogP contribution in [0.1, 0.15) is 16.1 Å². The van der Waals surface area contributed by atoms with Gasteiger partial charge in [-0.2, -0.15) is 9.78 Å². The van der Waals surface area contributed by atoms with Crippen LogP contribution >= 0.6 is 0 Å². The molecule has 0 aliphatic carbocycles. The minimum Gasteiger partial charge on any atom is -0.497 e. The van der Waals surface area contributed by atoms with Gasteiger partial charge in [0.15, 0.2) is 17.2 Å². The van der Waals surface area contributed by atoms with Crippen LogP contribution in [0.2, 0.25) is 0 Å². The lowest BCUT2D eigenvalue weighted by Crippen LogP contribution is -3.13. The van der Waals surface area contributed by atoms with Crippen molar-refractivity contribution in [3.8, 4) is 22.9 Å². The number of carbonyl (C=O) groups excluding carboxylic acids is 1. The number of nitrogens with one attached hydrogen (secondary N) is 1. The first-order chi connectivity index (χ1) is 18.1. The number of benzene rings is 3. The first-order valence-corrected chi connectivity index (χ1v) is 12.3. The molecule has 2 aliphatic heterocycles. The average molecular weight is 500 g/mol. The van der Waals surface area contributed by atoms with Crippen molar-refractivity contribution in [3.05, 3.63) is 88.3 Å². The standard InChI is InChI=1S/C28H26N4O5/c1-35-21-6-4-5-20(16-21)32-27(33)23-8-3-2-7-22(23)26(29-32)28(34)31-13-11-30(12-14-31)17-19-9-10-24-25(15-19)37-18-36-24/h2-10,15-16H,11-14,17-18H2,1H3/p+1. The zero-order valence-electron chi connectivity index (χ0n) is 20.5. The molecule has 4 aromatic rings. The first kappa shape index (κ1) is 23.1. The summed E-state index contributed by atoms with van der Waals surface area (Å²) < 4.78 is 17.5. The van der Waals surface area contributed by atoms with Gasteiger partial charge in [-0.1, -0.05) is 24.3 Å². The number of fused-ring (bicyclic) bond motifs is 2. The van der Waals surface area contributed by atoms with Gasteiger partial charge in [0.2, 0.25) is 6.79 Å². The van der Waals surface area contributed by atoms with Crippen molar-refractivity contribution in [2.45, 2.75) is 6.54 Å². The largest absolute Gasteiger partial charge is 0.497 e. The van der Waals surface area contributed by atoms with E-state index in [0.717, 1.165) is 31.1 Å². The molecule has 1 fully saturated rings. The number of piperazine rings is 1. The van der Waals surface area contributed by atoms with Gasteiger partial charge in [-0.05, 0) is 36.4 Å². The predicted molar refractivity (Wildman–Crippen MR) is 137 cm³/mol. The fourth-order valence-electron chi connectivity index (χ4n) is 4.96. The third kappa shape index (κ3) is 4.38. The Hall–Kier alpha value is -4.37. The fourth-order valence-corrected chi connectivity index (χ4v) is 4.96. The first-order valence-electron chi connectivity index (χ1n) is 12.3. The molecule has 2 aliphatic rings. The Morgan fingerprint density at radius 2 is 1.76 bits per heavy atom. The second-order valence-electron chi connectivity index (χ2n) is 9.22. The highest BCUT2D eigenvalue weighted by Gasteiger charge is 2.28. The summed E-state index contributed by atoms with van der Waals surface area (Å²) in [5.41, 5.74) is 1.72. The van der Waals surface area contributed by atoms with Crippen LogP contribution in [0.15, 0.2) is 71.5 Å². The minimum atomic E-state index is -0.279. The number of aromatic nitrogens is 2. The number of carbonyl (C=O) groups is 1. The van der Waals surface area contributed by atoms with Crippen LogP contribution in [0.3, 0.4) is 0 Å². The predicted octanol–water partition coefficient (Wildman–Crippen LogP) is 1.66. The summed E-state index contributed by atoms with van der Waals surface area (Å²) in [7, 11) is 1.57. The summed E-state index contributed by atoms with van der Waals surface area (Å²) in [4.78, 5) is 30.2. The zero-order valence-corrected chi connectivity index (χ0v) is 20.5. The molecule has 188 valence electrons. The van der Waals surface area contributed by atoms with Crippen LogP contribution < -0.4 is 24.7 Å². The van der Waals surface area contributed by atoms with Gasteiger partial charge in [0.25, 0.3) is 11.5 Å². The Balaban J connectivity index is 1.24. The van der Waals surface area contributed by atoms with Crippen LogP contribution in [0.5, 0.6) is 17.2 Å². The molecule has 1 amide bonds. The molecular weight excluding hydrogens is 472 g/mol. The SMILES string of the molecule is COc1cccc(-n2nc(C(=O)N3CC[NH+](Cc4ccc5c(c4)OCO5)CC3)c3ccccc3c2=O)c1. The number of rotatable bonds is 5. The lowest BCUT2D eigenvalue weighted by Gasteiger charge is -2.32. The van der Waals surface area contributed by atoms with E-state index in [0.29, 0.717) is 35.3 Å². The Bertz CT molecular complexity index is 1540. The smallest absolute Gasteiger partial charge is 0.279 e. The Morgan fingerprint density at radius 1 is 0.973 bits per heavy atom. The lowest BCUT2D eigenvalue weighted by molar-refractivity contribution is -0.917. The Morgan fingerprint density at radius 3 is 2.57 bits per heavy atom. The topological polar surface area (TPSA) is 87.3 Å². The number of ether oxygens (including phenoxy) is 3. The molecule has 1 aromatic heterocycles. The van der Waals surface area contributed by atoms with E-state index in [1.165, 1.54) is 15.1 Å². The van der Waals surface area contributed by atoms with E-state index in [4.69, 9.17) is 14.2 Å². The van der Waals surface area contributed by atoms with Gasteiger partial charge in [-0.15, -0.1) is 0 Å². The number of hydrogen-bond acceptors (Lipinski definition) is 6. The van der Waals surface area contributed by atoms with Gasteiger partial charge in [-0.3, -0.25) is 9.59 Å². The van der Waals surface area contributed by atoms with E-state index < -0.39 is 0 Å². The van der Waals surface area contributed by atoms with E-state index in [1.807, 2.05) is 23.1 Å². The second-order valence-corrected chi connectivity index (χ2v) is 9.22. The van der Waals surface area contributed by atoms with Crippen molar-refractivity contribution in [1.29, 1.82) is 0 Å². The zero-order chi connectivity index (χ0) is 25.4. The third-order valence-electron chi connectivity index (χ3n) is 6.95. The molecule has 0 bridgehead atoms. The quantitative estimate of drug-likeness (QED) is 0.450. The van der Waals surface area contributed by atoms with Gasteiger partial charge in [0.1, 0.15) is 12.3 Å². The Labute approximate surface area is 213 Å². The van der Waals surface area contributed by atoms with Gasteiger partial charge < -0.3 is 24.0 Å². The van der Waals surface area contributed by atoms with Crippen LogP contribution in [-0.2, 0) is 6.54 Å². The summed E-state index contributed by atoms with van der Waals surface area (Å²) in [5.74, 6) is 2.00. The van der Waals surface area contributed by atoms with E-state index in [2.05, 4.69) is 11.2 Å². The number of amides is 1. The molecule has 0 radical (unpaired) electrons. The molecule has 3 heterocycles. The molecule has 1 N–H and O–H groups in total. The van der Waals surface area contributed by atoms with Gasteiger partial charge in [0, 0.05) is 17.0 Å². The highest BCUT2D eigenvalue weighted by Crippen LogP contribution is 2.32. The van der Waals surface area contributed by atoms with Crippen molar-refractivity contribution >= 4 is 16.7 Å². The molecule has 37 heavy (non-hydrogen) atoms. The molecule has 9 heteroatoms. The van der Waals surface area contributed by atoms with E-state index in [-0.39, 0.29) is 24.0 Å². The van der Waals surface area contributed by atoms with Crippen LogP contribution in [0.25, 0.3) is 16.5 Å². The normalized spacial score (nSPS) is 15.2. The lowest BCUT2D eigenvalue weighted by atomic mass is 10.1. The summed E-state index contributed by atoms with van der Waals surface area (Å²) in [6.07, 6.45) is 0. The van der Waals surface area contributed by atoms with E-state index >= 15 is 0 Å². The molecule has 0 atom stereocenters. The number of hydrogen-bond donors (Lipinski definition) is 1. The summed E-state index contributed by atoms with van der Waals surface area (Å²) in [6.45, 7) is 3.95. The van der Waals surface area contributed by atoms with Crippen LogP contribution in [0.4, 0.5) is 0 Å². The number of quaternary nitrogens is 1. The van der Waals surface area contributed by atoms with Crippen molar-refractivity contribution in [2.75, 3.05) is 40.1 Å². The van der Waals surface area contributed by atoms with E-state index in [1.54, 1.807) is 49.6 Å². The molecule has 9 nitrogen and oxygen atoms in total. The molecule has 3 aromatic carbocycles. The Kier molecular flexibility index (Phi) is 5.97. The second kappa shape index (κ2) is 9.59. The van der Waals surface area contributed by atoms with Crippen molar-refractivity contribution in [2.24, 2.45) is 0 Å². The monoisotopic (exact) mass is 499 g/mol. The average Bonchev–Trinajstić information content (AvgIpc) is 3.41. The van der Waals surface area contributed by atoms with Gasteiger partial charge in [-0.25, -0.2) is 0 Å². The number of nitrogens with zero attached hydrogens (tertiary/aromatic N) is 3. The minimum absolute atomic E-state index is 0.171. The fraction of sp³-hybridized carbons (Fsp3) is 0.250. The maximum absolute atomic E-state index is 13.7. The molecule has 1 saturated heterocycles. The third-order valence-corrected chi connectivity index (χ3v) is 6.95. The molecular formula is C28H27N4O5+. The van der Waals surface area contributed by atoms with Gasteiger partial charge >= 0.3 is 0 Å². The molecule has 6 rings (SSSR count). The molecule has 0 saturated carbocycles. The highest BCUT2D eigenvalue weighted by molar-refractivity contribution is 6.04.